The first-order valence-electron chi connectivity index (χ1n) is 10.3. The third-order valence-corrected chi connectivity index (χ3v) is 5.22. The monoisotopic (exact) mass is 493 g/mol. The highest BCUT2D eigenvalue weighted by molar-refractivity contribution is 7.80. The topological polar surface area (TPSA) is 147 Å². The number of carbonyl (C=O) groups excluding carboxylic acids is 2. The second-order valence-electron chi connectivity index (χ2n) is 6.90. The Morgan fingerprint density at radius 3 is 1.85 bits per heavy atom. The normalized spacial score (nSPS) is 10.9. The lowest BCUT2D eigenvalue weighted by atomic mass is 10.0. The van der Waals surface area contributed by atoms with E-state index in [9.17, 15) is 22.6 Å². The molecule has 0 aliphatic carbocycles. The number of benzene rings is 2. The molecule has 184 valence electrons. The van der Waals surface area contributed by atoms with Gasteiger partial charge in [-0.25, -0.2) is 18.0 Å². The molecule has 0 fully saturated rings. The van der Waals surface area contributed by atoms with E-state index in [0.717, 1.165) is 34.5 Å². The number of aromatic nitrogens is 1. The molecule has 2 aromatic carbocycles. The van der Waals surface area contributed by atoms with E-state index < -0.39 is 22.6 Å². The maximum Gasteiger partial charge on any atom is 0.411 e. The molecule has 0 atom stereocenters. The summed E-state index contributed by atoms with van der Waals surface area (Å²) in [7, 11) is -1.64. The van der Waals surface area contributed by atoms with Crippen LogP contribution in [0.2, 0.25) is 0 Å². The highest BCUT2D eigenvalue weighted by Gasteiger charge is 2.17. The van der Waals surface area contributed by atoms with Gasteiger partial charge in [0.25, 0.3) is 0 Å². The molecular weight excluding hydrogens is 466 g/mol. The molecule has 0 saturated heterocycles. The number of rotatable bonds is 5. The summed E-state index contributed by atoms with van der Waals surface area (Å²) in [5.41, 5.74) is 3.35. The predicted octanol–water partition coefficient (Wildman–Crippen LogP) is 3.36. The van der Waals surface area contributed by atoms with Gasteiger partial charge >= 0.3 is 12.2 Å². The zero-order valence-corrected chi connectivity index (χ0v) is 20.3. The molecular formula is C22H27N3O8S. The van der Waals surface area contributed by atoms with E-state index in [1.165, 1.54) is 0 Å². The van der Waals surface area contributed by atoms with Gasteiger partial charge in [0.15, 0.2) is 5.69 Å². The van der Waals surface area contributed by atoms with E-state index in [0.29, 0.717) is 24.6 Å². The number of hydrogen-bond donors (Lipinski definition) is 2. The van der Waals surface area contributed by atoms with Gasteiger partial charge in [-0.2, -0.15) is 4.57 Å². The van der Waals surface area contributed by atoms with E-state index in [4.69, 9.17) is 9.47 Å². The van der Waals surface area contributed by atoms with Crippen molar-refractivity contribution in [2.75, 3.05) is 31.0 Å². The van der Waals surface area contributed by atoms with Gasteiger partial charge in [-0.3, -0.25) is 14.8 Å². The maximum absolute atomic E-state index is 11.7. The fraction of sp³-hybridized carbons (Fsp3) is 0.318. The van der Waals surface area contributed by atoms with Crippen molar-refractivity contribution in [1.29, 1.82) is 0 Å². The number of carbonyl (C=O) groups is 2. The Balaban J connectivity index is 0.000000604. The molecule has 0 saturated carbocycles. The molecule has 2 N–H and O–H groups in total. The maximum atomic E-state index is 11.7. The van der Waals surface area contributed by atoms with Crippen LogP contribution in [0.15, 0.2) is 36.4 Å². The molecule has 0 unspecified atom stereocenters. The first kappa shape index (κ1) is 26.8. The van der Waals surface area contributed by atoms with Crippen LogP contribution in [0.5, 0.6) is 0 Å². The SMILES string of the molecule is CCOC(=O)Nc1ccc2c(c1)c(C)[n+](C)c1cc(NC(=O)OCC)ccc21.COS(=O)(=O)[O-]. The van der Waals surface area contributed by atoms with Crippen LogP contribution in [0.3, 0.4) is 0 Å². The van der Waals surface area contributed by atoms with Crippen LogP contribution in [0, 0.1) is 6.92 Å². The lowest BCUT2D eigenvalue weighted by molar-refractivity contribution is -0.649. The summed E-state index contributed by atoms with van der Waals surface area (Å²) in [6.07, 6.45) is -0.948. The Hall–Kier alpha value is -3.48. The van der Waals surface area contributed by atoms with Crippen molar-refractivity contribution in [3.63, 3.8) is 0 Å². The number of aryl methyl sites for hydroxylation is 2. The van der Waals surface area contributed by atoms with Gasteiger partial charge < -0.3 is 14.0 Å². The number of nitrogens with zero attached hydrogens (tertiary/aromatic N) is 1. The van der Waals surface area contributed by atoms with Gasteiger partial charge in [0.05, 0.1) is 36.8 Å². The summed E-state index contributed by atoms with van der Waals surface area (Å²) in [6.45, 7) is 6.18. The summed E-state index contributed by atoms with van der Waals surface area (Å²) < 4.78 is 43.0. The van der Waals surface area contributed by atoms with Gasteiger partial charge in [-0.1, -0.05) is 6.07 Å². The number of ether oxygens (including phenoxy) is 2. The van der Waals surface area contributed by atoms with E-state index in [2.05, 4.69) is 19.4 Å². The van der Waals surface area contributed by atoms with Crippen molar-refractivity contribution >= 4 is 55.6 Å². The van der Waals surface area contributed by atoms with Crippen molar-refractivity contribution in [3.8, 4) is 0 Å². The van der Waals surface area contributed by atoms with Crippen molar-refractivity contribution < 1.29 is 40.8 Å². The summed E-state index contributed by atoms with van der Waals surface area (Å²) in [6, 6.07) is 11.5. The standard InChI is InChI=1S/C21H23N3O4.CH4O4S/c1-5-27-20(25)22-14-7-9-16-17-10-8-15(23-21(26)28-6-2)12-19(17)24(4)13(3)18(16)11-14;1-5-6(2,3)4/h7-12H,5-6H2,1-4H3,(H,22,25);1H3,(H,2,3,4). The molecule has 1 heterocycles. The first-order chi connectivity index (χ1) is 16.0. The summed E-state index contributed by atoms with van der Waals surface area (Å²) >= 11 is 0. The van der Waals surface area contributed by atoms with Crippen molar-refractivity contribution in [3.05, 3.63) is 42.1 Å². The van der Waals surface area contributed by atoms with Crippen molar-refractivity contribution in [2.24, 2.45) is 7.05 Å². The van der Waals surface area contributed by atoms with Crippen LogP contribution in [-0.4, -0.2) is 45.5 Å². The lowest BCUT2D eigenvalue weighted by Gasteiger charge is -2.11. The minimum absolute atomic E-state index is 0.319. The Kier molecular flexibility index (Phi) is 9.12. The van der Waals surface area contributed by atoms with Crippen molar-refractivity contribution in [1.82, 2.24) is 0 Å². The fourth-order valence-corrected chi connectivity index (χ4v) is 3.20. The highest BCUT2D eigenvalue weighted by atomic mass is 32.3. The van der Waals surface area contributed by atoms with Gasteiger partial charge in [-0.05, 0) is 38.1 Å². The number of pyridine rings is 1. The first-order valence-corrected chi connectivity index (χ1v) is 11.6. The second-order valence-corrected chi connectivity index (χ2v) is 8.05. The van der Waals surface area contributed by atoms with Crippen LogP contribution >= 0.6 is 0 Å². The van der Waals surface area contributed by atoms with Crippen LogP contribution in [0.25, 0.3) is 21.7 Å². The van der Waals surface area contributed by atoms with E-state index in [1.807, 2.05) is 50.4 Å². The molecule has 3 rings (SSSR count). The molecule has 3 aromatic rings. The molecule has 0 spiro atoms. The summed E-state index contributed by atoms with van der Waals surface area (Å²) in [5.74, 6) is 0. The molecule has 12 heteroatoms. The molecule has 2 amide bonds. The minimum atomic E-state index is -4.41. The van der Waals surface area contributed by atoms with E-state index in [-0.39, 0.29) is 0 Å². The van der Waals surface area contributed by atoms with Gasteiger partial charge in [0.2, 0.25) is 15.9 Å². The van der Waals surface area contributed by atoms with Gasteiger partial charge in [0.1, 0.15) is 7.05 Å². The zero-order chi connectivity index (χ0) is 25.5. The summed E-state index contributed by atoms with van der Waals surface area (Å²) in [5, 5.41) is 8.60. The zero-order valence-electron chi connectivity index (χ0n) is 19.5. The largest absolute Gasteiger partial charge is 0.726 e. The Bertz CT molecular complexity index is 1220. The highest BCUT2D eigenvalue weighted by Crippen LogP contribution is 2.29. The molecule has 0 bridgehead atoms. The smallest absolute Gasteiger partial charge is 0.411 e. The average Bonchev–Trinajstić information content (AvgIpc) is 2.78. The second kappa shape index (κ2) is 11.6. The Morgan fingerprint density at radius 1 is 0.912 bits per heavy atom. The van der Waals surface area contributed by atoms with Crippen LogP contribution in [-0.2, 0) is 31.1 Å². The predicted molar refractivity (Wildman–Crippen MR) is 125 cm³/mol. The third-order valence-electron chi connectivity index (χ3n) is 4.81. The fourth-order valence-electron chi connectivity index (χ4n) is 3.20. The molecule has 0 radical (unpaired) electrons. The molecule has 11 nitrogen and oxygen atoms in total. The number of anilines is 2. The molecule has 0 aliphatic heterocycles. The quantitative estimate of drug-likeness (QED) is 0.238. The van der Waals surface area contributed by atoms with E-state index in [1.54, 1.807) is 13.8 Å². The van der Waals surface area contributed by atoms with Crippen molar-refractivity contribution in [2.45, 2.75) is 20.8 Å². The summed E-state index contributed by atoms with van der Waals surface area (Å²) in [4.78, 5) is 23.4. The molecule has 1 aromatic heterocycles. The van der Waals surface area contributed by atoms with Gasteiger partial charge in [-0.15, -0.1) is 0 Å². The lowest BCUT2D eigenvalue weighted by Crippen LogP contribution is -2.33. The molecule has 0 aliphatic rings. The van der Waals surface area contributed by atoms with Crippen LogP contribution in [0.4, 0.5) is 21.0 Å². The van der Waals surface area contributed by atoms with Crippen LogP contribution < -0.4 is 15.2 Å². The minimum Gasteiger partial charge on any atom is -0.726 e. The molecule has 34 heavy (non-hydrogen) atoms. The number of nitrogens with one attached hydrogen (secondary N) is 2. The number of fused-ring (bicyclic) bond motifs is 3. The number of amides is 2. The Morgan fingerprint density at radius 2 is 1.38 bits per heavy atom. The van der Waals surface area contributed by atoms with Crippen LogP contribution in [0.1, 0.15) is 19.5 Å². The third kappa shape index (κ3) is 7.01. The number of hydrogen-bond acceptors (Lipinski definition) is 8. The van der Waals surface area contributed by atoms with Gasteiger partial charge in [0, 0.05) is 24.1 Å². The van der Waals surface area contributed by atoms with E-state index >= 15 is 0 Å². The average molecular weight is 494 g/mol. The Labute approximate surface area is 197 Å².